The van der Waals surface area contributed by atoms with Gasteiger partial charge in [-0.15, -0.1) is 0 Å². The van der Waals surface area contributed by atoms with Crippen molar-refractivity contribution in [3.05, 3.63) is 80.8 Å². The van der Waals surface area contributed by atoms with Crippen molar-refractivity contribution in [3.63, 3.8) is 0 Å². The predicted molar refractivity (Wildman–Crippen MR) is 108 cm³/mol. The van der Waals surface area contributed by atoms with Crippen LogP contribution < -0.4 is 10.5 Å². The second-order valence-corrected chi connectivity index (χ2v) is 7.14. The van der Waals surface area contributed by atoms with Crippen molar-refractivity contribution in [2.75, 3.05) is 11.4 Å². The van der Waals surface area contributed by atoms with Crippen LogP contribution in [0.25, 0.3) is 5.65 Å². The van der Waals surface area contributed by atoms with E-state index in [1.807, 2.05) is 23.1 Å². The van der Waals surface area contributed by atoms with E-state index in [4.69, 9.17) is 0 Å². The fraction of sp³-hybridized carbons (Fsp3) is 0.333. The van der Waals surface area contributed by atoms with E-state index in [-0.39, 0.29) is 11.9 Å². The second-order valence-electron chi connectivity index (χ2n) is 7.14. The number of rotatable bonds is 6. The molecule has 1 aliphatic rings. The zero-order chi connectivity index (χ0) is 19.5. The van der Waals surface area contributed by atoms with Gasteiger partial charge in [-0.05, 0) is 49.8 Å². The molecule has 0 spiro atoms. The van der Waals surface area contributed by atoms with Crippen LogP contribution in [0.5, 0.6) is 0 Å². The average molecular weight is 378 g/mol. The van der Waals surface area contributed by atoms with E-state index in [1.165, 1.54) is 16.2 Å². The first-order valence-corrected chi connectivity index (χ1v) is 9.61. The van der Waals surface area contributed by atoms with Gasteiger partial charge in [-0.1, -0.05) is 36.4 Å². The number of aryl methyl sites for hydroxylation is 1. The molecular weight excluding hydrogens is 356 g/mol. The molecule has 0 saturated carbocycles. The van der Waals surface area contributed by atoms with Gasteiger partial charge in [-0.25, -0.2) is 4.98 Å². The summed E-state index contributed by atoms with van der Waals surface area (Å²) in [5.74, 6) is 0.211. The highest BCUT2D eigenvalue weighted by Crippen LogP contribution is 2.32. The van der Waals surface area contributed by atoms with Crippen LogP contribution in [0.4, 0.5) is 11.5 Å². The van der Waals surface area contributed by atoms with Gasteiger partial charge in [0.05, 0.1) is 4.92 Å². The molecule has 1 aliphatic heterocycles. The molecule has 28 heavy (non-hydrogen) atoms. The first kappa shape index (κ1) is 18.2. The number of benzene rings is 1. The van der Waals surface area contributed by atoms with Crippen molar-refractivity contribution in [2.24, 2.45) is 0 Å². The normalized spacial score (nSPS) is 16.6. The molecule has 2 aromatic heterocycles. The summed E-state index contributed by atoms with van der Waals surface area (Å²) in [6.07, 6.45) is 6.31. The number of pyridine rings is 1. The minimum atomic E-state index is -0.625. The smallest absolute Gasteiger partial charge is 0.348 e. The predicted octanol–water partition coefficient (Wildman–Crippen LogP) is 3.59. The fourth-order valence-corrected chi connectivity index (χ4v) is 4.03. The van der Waals surface area contributed by atoms with Gasteiger partial charge in [-0.2, -0.15) is 0 Å². The Kier molecular flexibility index (Phi) is 5.06. The third kappa shape index (κ3) is 3.47. The maximum Gasteiger partial charge on any atom is 0.376 e. The van der Waals surface area contributed by atoms with Gasteiger partial charge in [0.2, 0.25) is 5.82 Å². The quantitative estimate of drug-likeness (QED) is 0.484. The highest BCUT2D eigenvalue weighted by molar-refractivity contribution is 5.62. The Balaban J connectivity index is 1.61. The van der Waals surface area contributed by atoms with E-state index >= 15 is 0 Å². The maximum atomic E-state index is 12.7. The first-order chi connectivity index (χ1) is 13.6. The molecule has 0 radical (unpaired) electrons. The second kappa shape index (κ2) is 7.80. The molecule has 7 heteroatoms. The van der Waals surface area contributed by atoms with Crippen LogP contribution in [0.3, 0.4) is 0 Å². The van der Waals surface area contributed by atoms with Gasteiger partial charge in [0, 0.05) is 18.8 Å². The van der Waals surface area contributed by atoms with Crippen LogP contribution >= 0.6 is 0 Å². The summed E-state index contributed by atoms with van der Waals surface area (Å²) in [5, 5.41) is 11.7. The molecule has 1 atom stereocenters. The standard InChI is InChI=1S/C21H22N4O3/c26-21-19(25(27)28)20(22-18-13-4-5-14-24(18)21)23-15-7-12-17(23)11-6-10-16-8-2-1-3-9-16/h1-5,8-9,13-14,17H,6-7,10-12,15H2. The lowest BCUT2D eigenvalue weighted by atomic mass is 10.0. The van der Waals surface area contributed by atoms with E-state index in [9.17, 15) is 14.9 Å². The van der Waals surface area contributed by atoms with E-state index in [0.29, 0.717) is 12.2 Å². The lowest BCUT2D eigenvalue weighted by Crippen LogP contribution is -2.33. The summed E-state index contributed by atoms with van der Waals surface area (Å²) in [5.41, 5.74) is 0.669. The minimum Gasteiger partial charge on any atom is -0.348 e. The number of anilines is 1. The van der Waals surface area contributed by atoms with Crippen molar-refractivity contribution >= 4 is 17.2 Å². The Labute approximate surface area is 162 Å². The highest BCUT2D eigenvalue weighted by Gasteiger charge is 2.33. The van der Waals surface area contributed by atoms with Gasteiger partial charge in [0.25, 0.3) is 0 Å². The molecule has 1 unspecified atom stereocenters. The van der Waals surface area contributed by atoms with Gasteiger partial charge < -0.3 is 4.90 Å². The Morgan fingerprint density at radius 1 is 1.14 bits per heavy atom. The Morgan fingerprint density at radius 3 is 2.71 bits per heavy atom. The van der Waals surface area contributed by atoms with Crippen molar-refractivity contribution in [3.8, 4) is 0 Å². The highest BCUT2D eigenvalue weighted by atomic mass is 16.6. The molecule has 0 amide bonds. The maximum absolute atomic E-state index is 12.7. The minimum absolute atomic E-state index is 0.167. The summed E-state index contributed by atoms with van der Waals surface area (Å²) >= 11 is 0. The number of nitro groups is 1. The van der Waals surface area contributed by atoms with Gasteiger partial charge in [0.15, 0.2) is 0 Å². The van der Waals surface area contributed by atoms with E-state index in [0.717, 1.165) is 32.1 Å². The number of hydrogen-bond donors (Lipinski definition) is 0. The molecule has 4 rings (SSSR count). The van der Waals surface area contributed by atoms with Crippen LogP contribution in [0, 0.1) is 10.1 Å². The topological polar surface area (TPSA) is 80.8 Å². The lowest BCUT2D eigenvalue weighted by Gasteiger charge is -2.25. The number of hydrogen-bond acceptors (Lipinski definition) is 5. The van der Waals surface area contributed by atoms with E-state index in [1.54, 1.807) is 18.2 Å². The number of nitrogens with zero attached hydrogens (tertiary/aromatic N) is 4. The molecule has 0 N–H and O–H groups in total. The summed E-state index contributed by atoms with van der Waals surface area (Å²) in [4.78, 5) is 30.3. The molecule has 1 fully saturated rings. The van der Waals surface area contributed by atoms with Crippen molar-refractivity contribution in [1.29, 1.82) is 0 Å². The van der Waals surface area contributed by atoms with Crippen molar-refractivity contribution in [1.82, 2.24) is 9.38 Å². The Morgan fingerprint density at radius 2 is 1.93 bits per heavy atom. The molecule has 3 aromatic rings. The van der Waals surface area contributed by atoms with Crippen LogP contribution in [0.1, 0.15) is 31.2 Å². The summed E-state index contributed by atoms with van der Waals surface area (Å²) in [6, 6.07) is 15.6. The van der Waals surface area contributed by atoms with Crippen molar-refractivity contribution in [2.45, 2.75) is 38.1 Å². The molecule has 0 bridgehead atoms. The van der Waals surface area contributed by atoms with Gasteiger partial charge in [0.1, 0.15) is 5.65 Å². The SMILES string of the molecule is O=c1c([N+](=O)[O-])c(N2CCCC2CCCc2ccccc2)nc2ccccn12. The Hall–Kier alpha value is -3.22. The van der Waals surface area contributed by atoms with Crippen molar-refractivity contribution < 1.29 is 4.92 Å². The van der Waals surface area contributed by atoms with Gasteiger partial charge >= 0.3 is 11.2 Å². The summed E-state index contributed by atoms with van der Waals surface area (Å²) in [6.45, 7) is 0.687. The third-order valence-corrected chi connectivity index (χ3v) is 5.37. The summed E-state index contributed by atoms with van der Waals surface area (Å²) in [7, 11) is 0. The first-order valence-electron chi connectivity index (χ1n) is 9.61. The van der Waals surface area contributed by atoms with E-state index < -0.39 is 16.2 Å². The molecule has 1 aromatic carbocycles. The lowest BCUT2D eigenvalue weighted by molar-refractivity contribution is -0.385. The molecule has 3 heterocycles. The number of aromatic nitrogens is 2. The molecule has 1 saturated heterocycles. The molecule has 7 nitrogen and oxygen atoms in total. The van der Waals surface area contributed by atoms with Crippen LogP contribution in [0.2, 0.25) is 0 Å². The Bertz CT molecular complexity index is 1050. The summed E-state index contributed by atoms with van der Waals surface area (Å²) < 4.78 is 1.24. The average Bonchev–Trinajstić information content (AvgIpc) is 3.17. The molecule has 0 aliphatic carbocycles. The monoisotopic (exact) mass is 378 g/mol. The van der Waals surface area contributed by atoms with Crippen LogP contribution in [0.15, 0.2) is 59.5 Å². The zero-order valence-corrected chi connectivity index (χ0v) is 15.5. The van der Waals surface area contributed by atoms with Crippen LogP contribution in [-0.4, -0.2) is 26.9 Å². The largest absolute Gasteiger partial charge is 0.376 e. The third-order valence-electron chi connectivity index (χ3n) is 5.37. The van der Waals surface area contributed by atoms with Gasteiger partial charge in [-0.3, -0.25) is 19.3 Å². The van der Waals surface area contributed by atoms with E-state index in [2.05, 4.69) is 17.1 Å². The molecule has 144 valence electrons. The fourth-order valence-electron chi connectivity index (χ4n) is 4.03. The number of fused-ring (bicyclic) bond motifs is 1. The molecular formula is C21H22N4O3. The van der Waals surface area contributed by atoms with Crippen LogP contribution in [-0.2, 0) is 6.42 Å². The zero-order valence-electron chi connectivity index (χ0n) is 15.5.